The first-order chi connectivity index (χ1) is 3.83. The van der Waals surface area contributed by atoms with Crippen LogP contribution in [0.4, 0.5) is 0 Å². The van der Waals surface area contributed by atoms with Crippen molar-refractivity contribution in [2.75, 3.05) is 6.26 Å². The van der Waals surface area contributed by atoms with Crippen LogP contribution in [-0.2, 0) is 10.1 Å². The smallest absolute Gasteiger partial charge is 0.194 e. The molecule has 0 aromatic carbocycles. The maximum Gasteiger partial charge on any atom is 0.194 e. The molecule has 0 saturated heterocycles. The highest BCUT2D eigenvalue weighted by molar-refractivity contribution is 8.66. The number of hydrogen-bond acceptors (Lipinski definition) is 4. The van der Waals surface area contributed by atoms with E-state index in [1.54, 1.807) is 11.9 Å². The predicted octanol–water partition coefficient (Wildman–Crippen LogP) is 0.934. The van der Waals surface area contributed by atoms with Crippen LogP contribution in [-0.4, -0.2) is 10.7 Å². The zero-order valence-corrected chi connectivity index (χ0v) is 6.89. The van der Waals surface area contributed by atoms with Gasteiger partial charge in [-0.25, -0.2) is 4.41 Å². The molecule has 1 aliphatic heterocycles. The topological polar surface area (TPSA) is 15.3 Å². The summed E-state index contributed by atoms with van der Waals surface area (Å²) in [6, 6.07) is 0. The van der Waals surface area contributed by atoms with E-state index in [1.165, 1.54) is 0 Å². The summed E-state index contributed by atoms with van der Waals surface area (Å²) in [7, 11) is -0.0338. The zero-order chi connectivity index (χ0) is 5.98. The highest BCUT2D eigenvalue weighted by Crippen LogP contribution is 2.14. The molecule has 0 spiro atoms. The summed E-state index contributed by atoms with van der Waals surface area (Å²) in [5, 5.41) is 2.01. The minimum absolute atomic E-state index is 0.0338. The molecule has 0 aromatic rings. The summed E-state index contributed by atoms with van der Waals surface area (Å²) in [4.78, 5) is 3.08. The molecule has 0 radical (unpaired) electrons. The van der Waals surface area contributed by atoms with E-state index < -0.39 is 0 Å². The maximum absolute atomic E-state index is 4.18. The standard InChI is InChI=1S/C3H7N2S3/c1-7-5-2-3-8(6)4-5/h2-4,6H,1H3/q+1. The Hall–Kier alpha value is 0.550. The minimum Gasteiger partial charge on any atom is -0.212 e. The van der Waals surface area contributed by atoms with Gasteiger partial charge in [0.15, 0.2) is 15.5 Å². The van der Waals surface area contributed by atoms with Crippen molar-refractivity contribution in [2.45, 2.75) is 0 Å². The minimum atomic E-state index is -0.0338. The van der Waals surface area contributed by atoms with Crippen molar-refractivity contribution < 1.29 is 0 Å². The van der Waals surface area contributed by atoms with Gasteiger partial charge in [0.2, 0.25) is 0 Å². The largest absolute Gasteiger partial charge is 0.212 e. The lowest BCUT2D eigenvalue weighted by Crippen LogP contribution is -2.22. The third-order valence-electron chi connectivity index (χ3n) is 0.705. The second-order valence-corrected chi connectivity index (χ2v) is 4.22. The lowest BCUT2D eigenvalue weighted by atomic mass is 11.1. The third-order valence-corrected chi connectivity index (χ3v) is 2.80. The SMILES string of the molecule is CSN1C=C[S+](S)N1. The van der Waals surface area contributed by atoms with Crippen LogP contribution in [0.1, 0.15) is 0 Å². The summed E-state index contributed by atoms with van der Waals surface area (Å²) in [5.41, 5.74) is 0. The Balaban J connectivity index is 2.34. The van der Waals surface area contributed by atoms with E-state index in [-0.39, 0.29) is 10.1 Å². The molecule has 1 aliphatic rings. The van der Waals surface area contributed by atoms with Crippen molar-refractivity contribution >= 4 is 33.7 Å². The van der Waals surface area contributed by atoms with Crippen LogP contribution in [0.2, 0.25) is 0 Å². The second-order valence-electron chi connectivity index (χ2n) is 1.20. The van der Waals surface area contributed by atoms with E-state index >= 15 is 0 Å². The highest BCUT2D eigenvalue weighted by atomic mass is 33.1. The van der Waals surface area contributed by atoms with Crippen LogP contribution in [0.5, 0.6) is 0 Å². The van der Waals surface area contributed by atoms with E-state index in [0.29, 0.717) is 0 Å². The van der Waals surface area contributed by atoms with Crippen molar-refractivity contribution in [3.63, 3.8) is 0 Å². The number of nitrogens with zero attached hydrogens (tertiary/aromatic N) is 1. The van der Waals surface area contributed by atoms with Crippen molar-refractivity contribution in [3.05, 3.63) is 11.6 Å². The van der Waals surface area contributed by atoms with Gasteiger partial charge in [-0.3, -0.25) is 0 Å². The van der Waals surface area contributed by atoms with Crippen LogP contribution in [0.25, 0.3) is 0 Å². The number of hydrogen-bond donors (Lipinski definition) is 2. The first kappa shape index (κ1) is 6.67. The molecule has 0 saturated carbocycles. The molecule has 0 aromatic heterocycles. The van der Waals surface area contributed by atoms with Gasteiger partial charge in [0.1, 0.15) is 11.7 Å². The molecule has 1 rings (SSSR count). The predicted molar refractivity (Wildman–Crippen MR) is 44.0 cm³/mol. The van der Waals surface area contributed by atoms with Crippen LogP contribution in [0, 0.1) is 0 Å². The maximum atomic E-state index is 4.18. The molecule has 5 heteroatoms. The van der Waals surface area contributed by atoms with E-state index in [1.807, 2.05) is 22.3 Å². The molecule has 0 aliphatic carbocycles. The molecule has 2 nitrogen and oxygen atoms in total. The fourth-order valence-electron chi connectivity index (χ4n) is 0.364. The molecule has 8 heavy (non-hydrogen) atoms. The van der Waals surface area contributed by atoms with Crippen molar-refractivity contribution in [1.82, 2.24) is 9.25 Å². The Bertz CT molecular complexity index is 105. The fraction of sp³-hybridized carbons (Fsp3) is 0.333. The fourth-order valence-corrected chi connectivity index (χ4v) is 2.30. The average molecular weight is 167 g/mol. The Morgan fingerprint density at radius 2 is 2.62 bits per heavy atom. The first-order valence-electron chi connectivity index (χ1n) is 2.03. The molecule has 46 valence electrons. The molecule has 1 atom stereocenters. The molecule has 1 heterocycles. The van der Waals surface area contributed by atoms with Gasteiger partial charge in [0, 0.05) is 6.26 Å². The second kappa shape index (κ2) is 2.91. The summed E-state index contributed by atoms with van der Waals surface area (Å²) in [5.74, 6) is 0. The normalized spacial score (nSPS) is 27.2. The Kier molecular flexibility index (Phi) is 2.43. The quantitative estimate of drug-likeness (QED) is 0.262. The van der Waals surface area contributed by atoms with Crippen molar-refractivity contribution in [3.8, 4) is 0 Å². The molecular formula is C3H7N2S3+. The molecule has 1 unspecified atom stereocenters. The van der Waals surface area contributed by atoms with Crippen molar-refractivity contribution in [1.29, 1.82) is 0 Å². The molecule has 0 amide bonds. The number of nitrogens with one attached hydrogen (secondary N) is 1. The van der Waals surface area contributed by atoms with E-state index in [4.69, 9.17) is 0 Å². The van der Waals surface area contributed by atoms with E-state index in [9.17, 15) is 0 Å². The lowest BCUT2D eigenvalue weighted by Gasteiger charge is -2.04. The highest BCUT2D eigenvalue weighted by Gasteiger charge is 2.19. The molecular weight excluding hydrogens is 160 g/mol. The van der Waals surface area contributed by atoms with Crippen LogP contribution < -0.4 is 4.83 Å². The van der Waals surface area contributed by atoms with Gasteiger partial charge in [-0.1, -0.05) is 0 Å². The van der Waals surface area contributed by atoms with Crippen LogP contribution in [0.3, 0.4) is 0 Å². The van der Waals surface area contributed by atoms with Gasteiger partial charge in [-0.2, -0.15) is 0 Å². The number of hydrazine groups is 1. The summed E-state index contributed by atoms with van der Waals surface area (Å²) >= 11 is 5.81. The van der Waals surface area contributed by atoms with Crippen molar-refractivity contribution in [2.24, 2.45) is 0 Å². The Morgan fingerprint density at radius 3 is 2.88 bits per heavy atom. The van der Waals surface area contributed by atoms with E-state index in [0.717, 1.165) is 0 Å². The summed E-state index contributed by atoms with van der Waals surface area (Å²) < 4.78 is 1.93. The van der Waals surface area contributed by atoms with Gasteiger partial charge < -0.3 is 0 Å². The summed E-state index contributed by atoms with van der Waals surface area (Å²) in [6.07, 6.45) is 3.98. The van der Waals surface area contributed by atoms with E-state index in [2.05, 4.69) is 16.5 Å². The number of thiol groups is 1. The van der Waals surface area contributed by atoms with Gasteiger partial charge in [0.05, 0.1) is 6.20 Å². The lowest BCUT2D eigenvalue weighted by molar-refractivity contribution is 0.620. The van der Waals surface area contributed by atoms with Gasteiger partial charge in [-0.05, 0) is 16.8 Å². The van der Waals surface area contributed by atoms with Gasteiger partial charge in [0.25, 0.3) is 0 Å². The third kappa shape index (κ3) is 1.51. The van der Waals surface area contributed by atoms with Crippen LogP contribution in [0.15, 0.2) is 11.6 Å². The van der Waals surface area contributed by atoms with Crippen LogP contribution >= 0.6 is 23.6 Å². The molecule has 0 bridgehead atoms. The Morgan fingerprint density at radius 1 is 1.88 bits per heavy atom. The Labute approximate surface area is 61.1 Å². The monoisotopic (exact) mass is 167 g/mol. The summed E-state index contributed by atoms with van der Waals surface area (Å²) in [6.45, 7) is 0. The van der Waals surface area contributed by atoms with Gasteiger partial charge in [-0.15, -0.1) is 0 Å². The molecule has 0 fully saturated rings. The average Bonchev–Trinajstić information content (AvgIpc) is 2.14. The first-order valence-corrected chi connectivity index (χ1v) is 5.55. The van der Waals surface area contributed by atoms with Gasteiger partial charge >= 0.3 is 0 Å². The molecule has 1 N–H and O–H groups in total. The number of rotatable bonds is 1. The zero-order valence-electron chi connectivity index (χ0n) is 4.37.